The molecular weight excluding hydrogens is 272 g/mol. The van der Waals surface area contributed by atoms with E-state index < -0.39 is 0 Å². The van der Waals surface area contributed by atoms with Gasteiger partial charge in [-0.25, -0.2) is 5.43 Å². The highest BCUT2D eigenvalue weighted by atomic mass is 16.2. The van der Waals surface area contributed by atoms with Gasteiger partial charge in [-0.05, 0) is 55.2 Å². The summed E-state index contributed by atoms with van der Waals surface area (Å²) >= 11 is 0. The van der Waals surface area contributed by atoms with Gasteiger partial charge in [0.15, 0.2) is 0 Å². The third-order valence-electron chi connectivity index (χ3n) is 3.40. The minimum Gasteiger partial charge on any atom is -0.267 e. The highest BCUT2D eigenvalue weighted by molar-refractivity contribution is 5.95. The molecule has 3 heteroatoms. The van der Waals surface area contributed by atoms with Crippen molar-refractivity contribution in [3.8, 4) is 0 Å². The number of nitrogens with one attached hydrogen (secondary N) is 1. The lowest BCUT2D eigenvalue weighted by Crippen LogP contribution is -2.17. The molecule has 1 amide bonds. The maximum absolute atomic E-state index is 12.0. The van der Waals surface area contributed by atoms with Crippen molar-refractivity contribution >= 4 is 18.2 Å². The van der Waals surface area contributed by atoms with Crippen LogP contribution in [-0.4, -0.2) is 12.1 Å². The zero-order chi connectivity index (χ0) is 15.9. The zero-order valence-electron chi connectivity index (χ0n) is 13.1. The Hall–Kier alpha value is -2.68. The van der Waals surface area contributed by atoms with Crippen molar-refractivity contribution in [2.75, 3.05) is 0 Å². The normalized spacial score (nSPS) is 11.7. The van der Waals surface area contributed by atoms with Crippen LogP contribution in [0, 0.1) is 13.8 Å². The molecule has 0 aliphatic heterocycles. The second-order valence-corrected chi connectivity index (χ2v) is 5.30. The molecule has 22 heavy (non-hydrogen) atoms. The molecule has 2 aromatic carbocycles. The van der Waals surface area contributed by atoms with Gasteiger partial charge in [0.25, 0.3) is 5.91 Å². The van der Waals surface area contributed by atoms with Crippen LogP contribution in [0.15, 0.2) is 59.2 Å². The van der Waals surface area contributed by atoms with Gasteiger partial charge >= 0.3 is 0 Å². The topological polar surface area (TPSA) is 41.5 Å². The van der Waals surface area contributed by atoms with Crippen molar-refractivity contribution in [3.63, 3.8) is 0 Å². The van der Waals surface area contributed by atoms with Crippen molar-refractivity contribution in [1.29, 1.82) is 0 Å². The summed E-state index contributed by atoms with van der Waals surface area (Å²) in [5, 5.41) is 4.00. The molecule has 0 bridgehead atoms. The summed E-state index contributed by atoms with van der Waals surface area (Å²) in [6.45, 7) is 5.95. The van der Waals surface area contributed by atoms with E-state index in [0.29, 0.717) is 5.56 Å². The second kappa shape index (κ2) is 7.36. The van der Waals surface area contributed by atoms with Gasteiger partial charge in [-0.3, -0.25) is 4.79 Å². The molecule has 0 aliphatic carbocycles. The van der Waals surface area contributed by atoms with E-state index in [9.17, 15) is 4.79 Å². The van der Waals surface area contributed by atoms with E-state index in [1.165, 1.54) is 5.56 Å². The predicted octanol–water partition coefficient (Wildman–Crippen LogP) is 4.12. The van der Waals surface area contributed by atoms with Crippen LogP contribution < -0.4 is 5.43 Å². The molecule has 0 spiro atoms. The van der Waals surface area contributed by atoms with Crippen molar-refractivity contribution in [2.24, 2.45) is 5.10 Å². The number of carbonyl (C=O) groups excluding carboxylic acids is 1. The minimum atomic E-state index is -0.202. The Morgan fingerprint density at radius 2 is 1.77 bits per heavy atom. The Morgan fingerprint density at radius 1 is 1.05 bits per heavy atom. The number of hydrogen-bond acceptors (Lipinski definition) is 2. The molecule has 0 fully saturated rings. The lowest BCUT2D eigenvalue weighted by molar-refractivity contribution is 0.0955. The van der Waals surface area contributed by atoms with E-state index in [1.807, 2.05) is 69.3 Å². The number of nitrogens with zero attached hydrogens (tertiary/aromatic N) is 1. The summed E-state index contributed by atoms with van der Waals surface area (Å²) in [5.74, 6) is -0.202. The highest BCUT2D eigenvalue weighted by Gasteiger charge is 2.04. The van der Waals surface area contributed by atoms with E-state index in [4.69, 9.17) is 0 Å². The number of aryl methyl sites for hydroxylation is 2. The van der Waals surface area contributed by atoms with E-state index in [2.05, 4.69) is 10.5 Å². The van der Waals surface area contributed by atoms with Crippen LogP contribution >= 0.6 is 0 Å². The predicted molar refractivity (Wildman–Crippen MR) is 92.0 cm³/mol. The molecular formula is C19H20N2O. The Morgan fingerprint density at radius 3 is 2.45 bits per heavy atom. The lowest BCUT2D eigenvalue weighted by Gasteiger charge is -2.03. The number of benzene rings is 2. The number of hydrogen-bond donors (Lipinski definition) is 1. The van der Waals surface area contributed by atoms with Gasteiger partial charge in [0, 0.05) is 5.56 Å². The Labute approximate surface area is 131 Å². The van der Waals surface area contributed by atoms with Crippen LogP contribution in [-0.2, 0) is 0 Å². The largest absolute Gasteiger partial charge is 0.271 e. The number of allylic oxidation sites excluding steroid dienone is 1. The van der Waals surface area contributed by atoms with E-state index in [0.717, 1.165) is 16.7 Å². The zero-order valence-corrected chi connectivity index (χ0v) is 13.1. The molecule has 0 atom stereocenters. The Kier molecular flexibility index (Phi) is 5.26. The summed E-state index contributed by atoms with van der Waals surface area (Å²) in [7, 11) is 0. The monoisotopic (exact) mass is 292 g/mol. The smallest absolute Gasteiger partial charge is 0.267 e. The first-order valence-electron chi connectivity index (χ1n) is 7.20. The fraction of sp³-hybridized carbons (Fsp3) is 0.158. The van der Waals surface area contributed by atoms with E-state index >= 15 is 0 Å². The number of hydrazone groups is 1. The van der Waals surface area contributed by atoms with Crippen LogP contribution in [0.3, 0.4) is 0 Å². The number of rotatable bonds is 4. The van der Waals surface area contributed by atoms with Gasteiger partial charge in [0.1, 0.15) is 0 Å². The molecule has 0 heterocycles. The highest BCUT2D eigenvalue weighted by Crippen LogP contribution is 2.09. The minimum absolute atomic E-state index is 0.202. The fourth-order valence-electron chi connectivity index (χ4n) is 1.99. The molecule has 0 aromatic heterocycles. The molecule has 0 saturated carbocycles. The molecule has 0 aliphatic rings. The lowest BCUT2D eigenvalue weighted by atomic mass is 10.1. The summed E-state index contributed by atoms with van der Waals surface area (Å²) in [6.07, 6.45) is 3.65. The quantitative estimate of drug-likeness (QED) is 0.668. The Balaban J connectivity index is 1.98. The average Bonchev–Trinajstić information content (AvgIpc) is 2.51. The van der Waals surface area contributed by atoms with Crippen molar-refractivity contribution < 1.29 is 4.79 Å². The number of amides is 1. The SMILES string of the molecule is C/C(C=NNC(=O)c1ccc(C)c(C)c1)=C\c1ccccc1. The van der Waals surface area contributed by atoms with Crippen LogP contribution in [0.1, 0.15) is 34.0 Å². The summed E-state index contributed by atoms with van der Waals surface area (Å²) in [4.78, 5) is 12.0. The standard InChI is InChI=1S/C19H20N2O/c1-14(11-17-7-5-4-6-8-17)13-20-21-19(22)18-10-9-15(2)16(3)12-18/h4-13H,1-3H3,(H,21,22)/b14-11+,20-13?. The molecule has 112 valence electrons. The molecule has 1 N–H and O–H groups in total. The molecule has 0 unspecified atom stereocenters. The van der Waals surface area contributed by atoms with Gasteiger partial charge in [0.05, 0.1) is 6.21 Å². The maximum atomic E-state index is 12.0. The van der Waals surface area contributed by atoms with Crippen LogP contribution in [0.5, 0.6) is 0 Å². The Bertz CT molecular complexity index is 715. The van der Waals surface area contributed by atoms with Crippen LogP contribution in [0.2, 0.25) is 0 Å². The van der Waals surface area contributed by atoms with E-state index in [1.54, 1.807) is 12.3 Å². The third-order valence-corrected chi connectivity index (χ3v) is 3.40. The molecule has 0 saturated heterocycles. The summed E-state index contributed by atoms with van der Waals surface area (Å²) < 4.78 is 0. The summed E-state index contributed by atoms with van der Waals surface area (Å²) in [5.41, 5.74) is 7.50. The molecule has 3 nitrogen and oxygen atoms in total. The van der Waals surface area contributed by atoms with Crippen molar-refractivity contribution in [2.45, 2.75) is 20.8 Å². The molecule has 2 rings (SSSR count). The second-order valence-electron chi connectivity index (χ2n) is 5.30. The van der Waals surface area contributed by atoms with Gasteiger partial charge in [0.2, 0.25) is 0 Å². The fourth-order valence-corrected chi connectivity index (χ4v) is 1.99. The van der Waals surface area contributed by atoms with E-state index in [-0.39, 0.29) is 5.91 Å². The van der Waals surface area contributed by atoms with Crippen LogP contribution in [0.4, 0.5) is 0 Å². The maximum Gasteiger partial charge on any atom is 0.271 e. The van der Waals surface area contributed by atoms with Gasteiger partial charge < -0.3 is 0 Å². The van der Waals surface area contributed by atoms with Crippen molar-refractivity contribution in [1.82, 2.24) is 5.43 Å². The van der Waals surface area contributed by atoms with Crippen molar-refractivity contribution in [3.05, 3.63) is 76.4 Å². The molecule has 2 aromatic rings. The first-order valence-corrected chi connectivity index (χ1v) is 7.20. The van der Waals surface area contributed by atoms with Crippen LogP contribution in [0.25, 0.3) is 6.08 Å². The third kappa shape index (κ3) is 4.42. The van der Waals surface area contributed by atoms with Gasteiger partial charge in [-0.2, -0.15) is 5.10 Å². The number of carbonyl (C=O) groups is 1. The average molecular weight is 292 g/mol. The first-order chi connectivity index (χ1) is 10.6. The van der Waals surface area contributed by atoms with Gasteiger partial charge in [-0.15, -0.1) is 0 Å². The first kappa shape index (κ1) is 15.7. The molecule has 0 radical (unpaired) electrons. The summed E-state index contributed by atoms with van der Waals surface area (Å²) in [6, 6.07) is 15.6. The van der Waals surface area contributed by atoms with Gasteiger partial charge in [-0.1, -0.05) is 42.5 Å².